The fourth-order valence-electron chi connectivity index (χ4n) is 3.68. The Morgan fingerprint density at radius 3 is 2.62 bits per heavy atom. The molecule has 3 amide bonds. The molecule has 0 saturated carbocycles. The van der Waals surface area contributed by atoms with Crippen molar-refractivity contribution in [1.82, 2.24) is 14.7 Å². The lowest BCUT2D eigenvalue weighted by Gasteiger charge is -2.31. The number of hydrogen-bond donors (Lipinski definition) is 2. The van der Waals surface area contributed by atoms with Crippen LogP contribution in [0.3, 0.4) is 0 Å². The third-order valence-corrected chi connectivity index (χ3v) is 5.21. The molecule has 0 radical (unpaired) electrons. The molecule has 0 aliphatic carbocycles. The normalized spacial score (nSPS) is 15.0. The van der Waals surface area contributed by atoms with Crippen LogP contribution in [0.15, 0.2) is 48.5 Å². The first-order valence-electron chi connectivity index (χ1n) is 9.70. The number of urea groups is 1. The van der Waals surface area contributed by atoms with E-state index >= 15 is 0 Å². The van der Waals surface area contributed by atoms with E-state index in [1.54, 1.807) is 30.3 Å². The summed E-state index contributed by atoms with van der Waals surface area (Å²) in [5, 5.41) is 16.1. The van der Waals surface area contributed by atoms with Gasteiger partial charge < -0.3 is 16.0 Å². The van der Waals surface area contributed by atoms with E-state index in [4.69, 9.17) is 11.0 Å². The van der Waals surface area contributed by atoms with Crippen LogP contribution in [0.2, 0.25) is 0 Å². The van der Waals surface area contributed by atoms with Gasteiger partial charge in [-0.25, -0.2) is 13.6 Å². The highest BCUT2D eigenvalue weighted by Crippen LogP contribution is 2.32. The fraction of sp³-hybridized carbons (Fsp3) is 0.182. The number of carbonyl (C=O) groups excluding carboxylic acids is 2. The summed E-state index contributed by atoms with van der Waals surface area (Å²) in [6.45, 7) is -0.887. The topological polar surface area (TPSA) is 117 Å². The molecule has 1 aliphatic heterocycles. The SMILES string of the molecule is N#Cc1ccc(NC(=O)c2c(-c3cccc(F)c3)nn3c2CN(C(N)=O)CC3CF)cc1. The minimum atomic E-state index is -0.838. The first-order chi connectivity index (χ1) is 15.4. The van der Waals surface area contributed by atoms with Crippen molar-refractivity contribution in [3.05, 3.63) is 71.2 Å². The lowest BCUT2D eigenvalue weighted by Crippen LogP contribution is -2.45. The summed E-state index contributed by atoms with van der Waals surface area (Å²) in [4.78, 5) is 26.3. The Morgan fingerprint density at radius 2 is 2.00 bits per heavy atom. The van der Waals surface area contributed by atoms with Crippen LogP contribution in [0.4, 0.5) is 19.3 Å². The summed E-state index contributed by atoms with van der Waals surface area (Å²) in [5.41, 5.74) is 7.14. The first-order valence-corrected chi connectivity index (χ1v) is 9.70. The number of alkyl halides is 1. The molecule has 0 bridgehead atoms. The standard InChI is InChI=1S/C22H18F2N6O2/c23-9-17-11-29(22(26)32)12-18-19(21(31)27-16-6-4-13(10-25)5-7-16)20(28-30(17)18)14-2-1-3-15(24)8-14/h1-8,17H,9,11-12H2,(H2,26,32)(H,27,31). The lowest BCUT2D eigenvalue weighted by molar-refractivity contribution is 0.102. The van der Waals surface area contributed by atoms with Gasteiger partial charge in [0.1, 0.15) is 18.2 Å². The molecule has 1 atom stereocenters. The van der Waals surface area contributed by atoms with E-state index in [2.05, 4.69) is 10.4 Å². The minimum absolute atomic E-state index is 0.000213. The van der Waals surface area contributed by atoms with Crippen molar-refractivity contribution in [2.24, 2.45) is 5.73 Å². The van der Waals surface area contributed by atoms with Crippen LogP contribution in [0, 0.1) is 17.1 Å². The summed E-state index contributed by atoms with van der Waals surface area (Å²) in [6.07, 6.45) is 0. The van der Waals surface area contributed by atoms with Gasteiger partial charge in [0, 0.05) is 17.8 Å². The van der Waals surface area contributed by atoms with E-state index < -0.39 is 30.5 Å². The molecular weight excluding hydrogens is 418 g/mol. The van der Waals surface area contributed by atoms with E-state index in [9.17, 15) is 18.4 Å². The zero-order valence-corrected chi connectivity index (χ0v) is 16.8. The van der Waals surface area contributed by atoms with E-state index in [0.29, 0.717) is 22.5 Å². The molecule has 1 aliphatic rings. The highest BCUT2D eigenvalue weighted by atomic mass is 19.1. The Kier molecular flexibility index (Phi) is 5.55. The van der Waals surface area contributed by atoms with Gasteiger partial charge in [0.2, 0.25) is 0 Å². The van der Waals surface area contributed by atoms with Gasteiger partial charge in [-0.05, 0) is 36.4 Å². The minimum Gasteiger partial charge on any atom is -0.351 e. The number of halogens is 2. The molecule has 32 heavy (non-hydrogen) atoms. The molecule has 8 nitrogen and oxygen atoms in total. The van der Waals surface area contributed by atoms with Gasteiger partial charge in [-0.3, -0.25) is 9.48 Å². The predicted molar refractivity (Wildman–Crippen MR) is 112 cm³/mol. The van der Waals surface area contributed by atoms with Crippen molar-refractivity contribution >= 4 is 17.6 Å². The number of fused-ring (bicyclic) bond motifs is 1. The maximum Gasteiger partial charge on any atom is 0.315 e. The van der Waals surface area contributed by atoms with E-state index in [1.165, 1.54) is 27.8 Å². The molecule has 162 valence electrons. The zero-order valence-electron chi connectivity index (χ0n) is 16.8. The Balaban J connectivity index is 1.83. The summed E-state index contributed by atoms with van der Waals surface area (Å²) in [5.74, 6) is -1.09. The summed E-state index contributed by atoms with van der Waals surface area (Å²) in [6, 6.07) is 12.2. The number of aromatic nitrogens is 2. The predicted octanol–water partition coefficient (Wildman–Crippen LogP) is 3.22. The van der Waals surface area contributed by atoms with Crippen molar-refractivity contribution in [3.63, 3.8) is 0 Å². The third kappa shape index (κ3) is 3.88. The second kappa shape index (κ2) is 8.47. The van der Waals surface area contributed by atoms with E-state index in [1.807, 2.05) is 6.07 Å². The Bertz CT molecular complexity index is 1230. The molecular formula is C22H18F2N6O2. The highest BCUT2D eigenvalue weighted by molar-refractivity contribution is 6.09. The summed E-state index contributed by atoms with van der Waals surface area (Å²) >= 11 is 0. The quantitative estimate of drug-likeness (QED) is 0.653. The van der Waals surface area contributed by atoms with E-state index in [-0.39, 0.29) is 24.3 Å². The molecule has 3 aromatic rings. The smallest absolute Gasteiger partial charge is 0.315 e. The molecule has 0 fully saturated rings. The first kappa shape index (κ1) is 21.0. The van der Waals surface area contributed by atoms with Gasteiger partial charge in [0.15, 0.2) is 0 Å². The van der Waals surface area contributed by atoms with Gasteiger partial charge in [-0.2, -0.15) is 10.4 Å². The number of nitrogens with zero attached hydrogens (tertiary/aromatic N) is 4. The van der Waals surface area contributed by atoms with Crippen LogP contribution in [-0.2, 0) is 6.54 Å². The van der Waals surface area contributed by atoms with Crippen molar-refractivity contribution in [2.75, 3.05) is 18.5 Å². The van der Waals surface area contributed by atoms with Crippen molar-refractivity contribution in [2.45, 2.75) is 12.6 Å². The molecule has 10 heteroatoms. The third-order valence-electron chi connectivity index (χ3n) is 5.21. The molecule has 1 unspecified atom stereocenters. The molecule has 3 N–H and O–H groups in total. The molecule has 2 aromatic carbocycles. The maximum absolute atomic E-state index is 13.9. The van der Waals surface area contributed by atoms with Gasteiger partial charge in [-0.1, -0.05) is 12.1 Å². The molecule has 2 heterocycles. The number of amides is 3. The Labute approximate surface area is 181 Å². The van der Waals surface area contributed by atoms with Crippen molar-refractivity contribution < 1.29 is 18.4 Å². The number of rotatable bonds is 4. The van der Waals surface area contributed by atoms with Crippen LogP contribution < -0.4 is 11.1 Å². The highest BCUT2D eigenvalue weighted by Gasteiger charge is 2.34. The van der Waals surface area contributed by atoms with Crippen LogP contribution in [0.5, 0.6) is 0 Å². The number of primary amides is 1. The molecule has 0 spiro atoms. The van der Waals surface area contributed by atoms with Crippen LogP contribution in [0.1, 0.15) is 27.7 Å². The Hall–Kier alpha value is -4.26. The molecule has 4 rings (SSSR count). The second-order valence-electron chi connectivity index (χ2n) is 7.30. The van der Waals surface area contributed by atoms with Crippen LogP contribution in [0.25, 0.3) is 11.3 Å². The van der Waals surface area contributed by atoms with Gasteiger partial charge in [-0.15, -0.1) is 0 Å². The van der Waals surface area contributed by atoms with Gasteiger partial charge >= 0.3 is 6.03 Å². The second-order valence-corrected chi connectivity index (χ2v) is 7.30. The monoisotopic (exact) mass is 436 g/mol. The average molecular weight is 436 g/mol. The number of hydrogen-bond acceptors (Lipinski definition) is 4. The molecule has 1 aromatic heterocycles. The van der Waals surface area contributed by atoms with Crippen molar-refractivity contribution in [1.29, 1.82) is 5.26 Å². The largest absolute Gasteiger partial charge is 0.351 e. The van der Waals surface area contributed by atoms with Crippen LogP contribution >= 0.6 is 0 Å². The van der Waals surface area contributed by atoms with Crippen molar-refractivity contribution in [3.8, 4) is 17.3 Å². The van der Waals surface area contributed by atoms with Gasteiger partial charge in [0.05, 0.1) is 35.5 Å². The summed E-state index contributed by atoms with van der Waals surface area (Å²) in [7, 11) is 0. The maximum atomic E-state index is 13.9. The molecule has 0 saturated heterocycles. The Morgan fingerprint density at radius 1 is 1.25 bits per heavy atom. The number of benzene rings is 2. The van der Waals surface area contributed by atoms with Gasteiger partial charge in [0.25, 0.3) is 5.91 Å². The van der Waals surface area contributed by atoms with E-state index in [0.717, 1.165) is 0 Å². The summed E-state index contributed by atoms with van der Waals surface area (Å²) < 4.78 is 29.1. The fourth-order valence-corrected chi connectivity index (χ4v) is 3.68. The number of nitriles is 1. The number of nitrogens with two attached hydrogens (primary N) is 1. The zero-order chi connectivity index (χ0) is 22.8. The average Bonchev–Trinajstić information content (AvgIpc) is 3.18. The van der Waals surface area contributed by atoms with Crippen LogP contribution in [-0.4, -0.2) is 39.8 Å². The number of nitrogens with one attached hydrogen (secondary N) is 1. The number of carbonyl (C=O) groups is 2. The number of anilines is 1. The lowest BCUT2D eigenvalue weighted by atomic mass is 10.0.